The standard InChI is InChI=1S/C25H30N6O4/c1-34-18-7-9-20-22(10-18)31(23(32)12-28-20)14-19(26)15-2-4-16(5-3-15)27-11-17-6-8-21-25(30-17)35-24(33)13-29-21/h6-10,12,15-16,19,27,29H,2-5,11,13-14,26H2,1H3. The van der Waals surface area contributed by atoms with Crippen molar-refractivity contribution in [2.45, 2.75) is 50.9 Å². The number of nitrogens with two attached hydrogens (primary N) is 1. The van der Waals surface area contributed by atoms with E-state index in [-0.39, 0.29) is 24.1 Å². The maximum absolute atomic E-state index is 12.6. The molecule has 1 aromatic carbocycles. The Morgan fingerprint density at radius 1 is 1.23 bits per heavy atom. The van der Waals surface area contributed by atoms with Gasteiger partial charge in [-0.3, -0.25) is 4.79 Å². The molecule has 0 amide bonds. The molecule has 10 heteroatoms. The summed E-state index contributed by atoms with van der Waals surface area (Å²) in [4.78, 5) is 32.8. The Hall–Kier alpha value is -3.50. The Morgan fingerprint density at radius 2 is 2.06 bits per heavy atom. The molecule has 1 aliphatic carbocycles. The number of nitrogens with one attached hydrogen (secondary N) is 2. The lowest BCUT2D eigenvalue weighted by Gasteiger charge is -2.33. The van der Waals surface area contributed by atoms with E-state index in [0.29, 0.717) is 36.7 Å². The SMILES string of the molecule is COc1ccc2ncc(=O)n(CC(N)C3CCC(NCc4ccc5c(n4)OC(=O)CN5)CC3)c2c1. The average Bonchev–Trinajstić information content (AvgIpc) is 2.88. The number of hydrogen-bond donors (Lipinski definition) is 3. The van der Waals surface area contributed by atoms with E-state index >= 15 is 0 Å². The summed E-state index contributed by atoms with van der Waals surface area (Å²) in [6, 6.07) is 9.59. The van der Waals surface area contributed by atoms with Crippen LogP contribution in [0.15, 0.2) is 41.3 Å². The lowest BCUT2D eigenvalue weighted by Crippen LogP contribution is -2.42. The van der Waals surface area contributed by atoms with E-state index in [1.807, 2.05) is 30.3 Å². The van der Waals surface area contributed by atoms with Crippen molar-refractivity contribution in [1.29, 1.82) is 0 Å². The van der Waals surface area contributed by atoms with Gasteiger partial charge in [0.1, 0.15) is 12.3 Å². The normalized spacial score (nSPS) is 20.6. The number of aromatic nitrogens is 3. The van der Waals surface area contributed by atoms with Gasteiger partial charge in [0.2, 0.25) is 5.88 Å². The van der Waals surface area contributed by atoms with E-state index in [1.54, 1.807) is 11.7 Å². The maximum Gasteiger partial charge on any atom is 0.332 e. The minimum atomic E-state index is -0.328. The summed E-state index contributed by atoms with van der Waals surface area (Å²) in [5, 5.41) is 6.57. The van der Waals surface area contributed by atoms with Crippen LogP contribution in [0.25, 0.3) is 11.0 Å². The molecule has 3 heterocycles. The lowest BCUT2D eigenvalue weighted by molar-refractivity contribution is -0.133. The fourth-order valence-electron chi connectivity index (χ4n) is 4.92. The fraction of sp³-hybridized carbons (Fsp3) is 0.440. The van der Waals surface area contributed by atoms with Crippen LogP contribution in [0.5, 0.6) is 11.6 Å². The average molecular weight is 479 g/mol. The van der Waals surface area contributed by atoms with Gasteiger partial charge in [-0.15, -0.1) is 0 Å². The molecule has 1 saturated carbocycles. The molecule has 1 unspecified atom stereocenters. The zero-order valence-corrected chi connectivity index (χ0v) is 19.7. The monoisotopic (exact) mass is 478 g/mol. The molecule has 4 N–H and O–H groups in total. The van der Waals surface area contributed by atoms with E-state index in [2.05, 4.69) is 20.6 Å². The van der Waals surface area contributed by atoms with Crippen LogP contribution >= 0.6 is 0 Å². The molecule has 35 heavy (non-hydrogen) atoms. The number of hydrogen-bond acceptors (Lipinski definition) is 9. The molecule has 0 saturated heterocycles. The van der Waals surface area contributed by atoms with Crippen molar-refractivity contribution in [1.82, 2.24) is 19.9 Å². The number of methoxy groups -OCH3 is 1. The van der Waals surface area contributed by atoms with Gasteiger partial charge >= 0.3 is 5.97 Å². The zero-order valence-electron chi connectivity index (χ0n) is 19.7. The predicted octanol–water partition coefficient (Wildman–Crippen LogP) is 1.81. The number of pyridine rings is 1. The maximum atomic E-state index is 12.6. The highest BCUT2D eigenvalue weighted by Crippen LogP contribution is 2.29. The van der Waals surface area contributed by atoms with E-state index in [4.69, 9.17) is 15.2 Å². The Bertz CT molecular complexity index is 1280. The summed E-state index contributed by atoms with van der Waals surface area (Å²) < 4.78 is 12.3. The quantitative estimate of drug-likeness (QED) is 0.435. The van der Waals surface area contributed by atoms with E-state index in [1.165, 1.54) is 6.20 Å². The molecule has 0 spiro atoms. The Morgan fingerprint density at radius 3 is 2.86 bits per heavy atom. The second kappa shape index (κ2) is 10.0. The molecule has 0 radical (unpaired) electrons. The van der Waals surface area contributed by atoms with Gasteiger partial charge in [0.05, 0.1) is 35.7 Å². The first-order valence-electron chi connectivity index (χ1n) is 12.0. The summed E-state index contributed by atoms with van der Waals surface area (Å²) in [5.74, 6) is 1.03. The Balaban J connectivity index is 1.17. The first-order valence-corrected chi connectivity index (χ1v) is 12.0. The van der Waals surface area contributed by atoms with Crippen molar-refractivity contribution in [2.24, 2.45) is 11.7 Å². The number of benzene rings is 1. The smallest absolute Gasteiger partial charge is 0.332 e. The number of nitrogens with zero attached hydrogens (tertiary/aromatic N) is 3. The van der Waals surface area contributed by atoms with Crippen LogP contribution in [0.2, 0.25) is 0 Å². The van der Waals surface area contributed by atoms with Crippen molar-refractivity contribution in [2.75, 3.05) is 19.0 Å². The third-order valence-electron chi connectivity index (χ3n) is 6.95. The van der Waals surface area contributed by atoms with Crippen LogP contribution < -0.4 is 31.4 Å². The summed E-state index contributed by atoms with van der Waals surface area (Å²) in [6.07, 6.45) is 5.32. The molecule has 184 valence electrons. The van der Waals surface area contributed by atoms with Gasteiger partial charge < -0.3 is 30.4 Å². The van der Waals surface area contributed by atoms with Gasteiger partial charge in [-0.2, -0.15) is 0 Å². The van der Waals surface area contributed by atoms with Gasteiger partial charge in [-0.05, 0) is 55.9 Å². The van der Waals surface area contributed by atoms with Crippen molar-refractivity contribution in [3.05, 3.63) is 52.6 Å². The zero-order chi connectivity index (χ0) is 24.4. The van der Waals surface area contributed by atoms with Crippen LogP contribution in [-0.2, 0) is 17.9 Å². The van der Waals surface area contributed by atoms with Gasteiger partial charge in [0, 0.05) is 31.2 Å². The molecule has 0 bridgehead atoms. The number of rotatable bonds is 7. The van der Waals surface area contributed by atoms with Crippen molar-refractivity contribution < 1.29 is 14.3 Å². The van der Waals surface area contributed by atoms with Gasteiger partial charge in [-0.1, -0.05) is 0 Å². The number of carbonyl (C=O) groups is 1. The van der Waals surface area contributed by atoms with Crippen molar-refractivity contribution >= 4 is 22.7 Å². The lowest BCUT2D eigenvalue weighted by atomic mass is 9.81. The third kappa shape index (κ3) is 5.13. The van der Waals surface area contributed by atoms with Crippen LogP contribution in [0.1, 0.15) is 31.4 Å². The predicted molar refractivity (Wildman–Crippen MR) is 131 cm³/mol. The van der Waals surface area contributed by atoms with Crippen molar-refractivity contribution in [3.63, 3.8) is 0 Å². The number of ether oxygens (including phenoxy) is 2. The number of esters is 1. The van der Waals surface area contributed by atoms with Gasteiger partial charge in [0.25, 0.3) is 5.56 Å². The highest BCUT2D eigenvalue weighted by Gasteiger charge is 2.26. The highest BCUT2D eigenvalue weighted by molar-refractivity contribution is 5.82. The van der Waals surface area contributed by atoms with Crippen LogP contribution in [-0.4, -0.2) is 46.2 Å². The second-order valence-corrected chi connectivity index (χ2v) is 9.20. The van der Waals surface area contributed by atoms with E-state index in [9.17, 15) is 9.59 Å². The Kier molecular flexibility index (Phi) is 6.65. The molecule has 2 aliphatic rings. The summed E-state index contributed by atoms with van der Waals surface area (Å²) in [6.45, 7) is 1.21. The van der Waals surface area contributed by atoms with Gasteiger partial charge in [-0.25, -0.2) is 14.8 Å². The largest absolute Gasteiger partial charge is 0.497 e. The molecular formula is C25H30N6O4. The molecule has 10 nitrogen and oxygen atoms in total. The topological polar surface area (TPSA) is 133 Å². The molecule has 1 atom stereocenters. The van der Waals surface area contributed by atoms with E-state index < -0.39 is 0 Å². The van der Waals surface area contributed by atoms with Crippen LogP contribution in [0.3, 0.4) is 0 Å². The summed E-state index contributed by atoms with van der Waals surface area (Å²) in [5.41, 5.74) is 9.50. The van der Waals surface area contributed by atoms with E-state index in [0.717, 1.165) is 48.1 Å². The van der Waals surface area contributed by atoms with Crippen LogP contribution in [0.4, 0.5) is 5.69 Å². The minimum absolute atomic E-state index is 0.130. The third-order valence-corrected chi connectivity index (χ3v) is 6.95. The first kappa shape index (κ1) is 23.3. The first-order chi connectivity index (χ1) is 17.0. The fourth-order valence-corrected chi connectivity index (χ4v) is 4.92. The molecule has 1 fully saturated rings. The summed E-state index contributed by atoms with van der Waals surface area (Å²) >= 11 is 0. The van der Waals surface area contributed by atoms with Crippen molar-refractivity contribution in [3.8, 4) is 11.6 Å². The molecule has 2 aromatic heterocycles. The number of anilines is 1. The molecule has 3 aromatic rings. The molecule has 5 rings (SSSR count). The minimum Gasteiger partial charge on any atom is -0.497 e. The number of fused-ring (bicyclic) bond motifs is 2. The second-order valence-electron chi connectivity index (χ2n) is 9.20. The van der Waals surface area contributed by atoms with Crippen LogP contribution in [0, 0.1) is 5.92 Å². The highest BCUT2D eigenvalue weighted by atomic mass is 16.5. The van der Waals surface area contributed by atoms with Gasteiger partial charge in [0.15, 0.2) is 0 Å². The molecular weight excluding hydrogens is 448 g/mol. The Labute approximate surface area is 202 Å². The molecule has 1 aliphatic heterocycles. The summed E-state index contributed by atoms with van der Waals surface area (Å²) in [7, 11) is 1.60. The number of carbonyl (C=O) groups excluding carboxylic acids is 1.